The molecular weight excluding hydrogens is 458 g/mol. The smallest absolute Gasteiger partial charge is 0.308 e. The van der Waals surface area contributed by atoms with Crippen LogP contribution in [0.1, 0.15) is 66.2 Å². The minimum absolute atomic E-state index is 0.0976. The van der Waals surface area contributed by atoms with Crippen LogP contribution < -0.4 is 4.74 Å². The summed E-state index contributed by atoms with van der Waals surface area (Å²) in [6, 6.07) is 10.8. The van der Waals surface area contributed by atoms with Crippen molar-refractivity contribution in [1.29, 1.82) is 5.26 Å². The van der Waals surface area contributed by atoms with Crippen LogP contribution >= 0.6 is 0 Å². The van der Waals surface area contributed by atoms with Gasteiger partial charge in [0.15, 0.2) is 0 Å². The molecule has 10 nitrogen and oxygen atoms in total. The van der Waals surface area contributed by atoms with Crippen molar-refractivity contribution >= 4 is 23.9 Å². The van der Waals surface area contributed by atoms with Gasteiger partial charge in [-0.2, -0.15) is 5.26 Å². The summed E-state index contributed by atoms with van der Waals surface area (Å²) in [7, 11) is 0. The maximum atomic E-state index is 10.5. The minimum Gasteiger partial charge on any atom is -0.465 e. The lowest BCUT2D eigenvalue weighted by atomic mass is 9.98. The molecule has 1 N–H and O–H groups in total. The van der Waals surface area contributed by atoms with Crippen LogP contribution in [0, 0.1) is 11.3 Å². The van der Waals surface area contributed by atoms with Gasteiger partial charge in [0.1, 0.15) is 25.1 Å². The third kappa shape index (κ3) is 28.5. The van der Waals surface area contributed by atoms with Crippen molar-refractivity contribution in [1.82, 2.24) is 0 Å². The first-order valence-corrected chi connectivity index (χ1v) is 11.3. The molecule has 2 rings (SSSR count). The summed E-state index contributed by atoms with van der Waals surface area (Å²) in [4.78, 5) is 40.7. The Kier molecular flexibility index (Phi) is 22.8. The van der Waals surface area contributed by atoms with Crippen molar-refractivity contribution in [2.75, 3.05) is 19.8 Å². The number of ether oxygens (including phenoxy) is 4. The van der Waals surface area contributed by atoms with Gasteiger partial charge in [-0.3, -0.25) is 19.2 Å². The zero-order valence-electron chi connectivity index (χ0n) is 21.0. The van der Waals surface area contributed by atoms with E-state index < -0.39 is 0 Å². The number of nitrogens with zero attached hydrogens (tertiary/aromatic N) is 1. The summed E-state index contributed by atoms with van der Waals surface area (Å²) in [5.41, 5.74) is 0. The SMILES string of the molecule is CC(=O)OC1CCCCC1.CC(=O)OCCC#N.CC(=O)OCCO.CC(=O)Oc1ccccc1. The van der Waals surface area contributed by atoms with Crippen LogP contribution in [0.15, 0.2) is 30.3 Å². The van der Waals surface area contributed by atoms with Crippen LogP contribution in [0.3, 0.4) is 0 Å². The molecule has 1 aliphatic carbocycles. The maximum Gasteiger partial charge on any atom is 0.308 e. The Balaban J connectivity index is 0. The second-order valence-electron chi connectivity index (χ2n) is 7.09. The van der Waals surface area contributed by atoms with Crippen LogP contribution in [0.25, 0.3) is 0 Å². The monoisotopic (exact) mass is 495 g/mol. The molecule has 1 aliphatic rings. The van der Waals surface area contributed by atoms with Gasteiger partial charge in [-0.25, -0.2) is 0 Å². The summed E-state index contributed by atoms with van der Waals surface area (Å²) in [6.45, 7) is 5.70. The van der Waals surface area contributed by atoms with Gasteiger partial charge in [-0.15, -0.1) is 0 Å². The van der Waals surface area contributed by atoms with E-state index in [0.29, 0.717) is 5.75 Å². The summed E-state index contributed by atoms with van der Waals surface area (Å²) < 4.78 is 18.6. The Bertz CT molecular complexity index is 754. The van der Waals surface area contributed by atoms with Gasteiger partial charge in [-0.05, 0) is 37.8 Å². The number of benzene rings is 1. The number of hydrogen-bond donors (Lipinski definition) is 1. The van der Waals surface area contributed by atoms with Crippen molar-refractivity contribution in [2.45, 2.75) is 72.3 Å². The van der Waals surface area contributed by atoms with Gasteiger partial charge in [0.25, 0.3) is 0 Å². The minimum atomic E-state index is -0.353. The van der Waals surface area contributed by atoms with Crippen LogP contribution in [0.5, 0.6) is 5.75 Å². The van der Waals surface area contributed by atoms with Crippen LogP contribution in [-0.2, 0) is 33.4 Å². The van der Waals surface area contributed by atoms with E-state index in [1.165, 1.54) is 47.0 Å². The summed E-state index contributed by atoms with van der Waals surface area (Å²) >= 11 is 0. The largest absolute Gasteiger partial charge is 0.465 e. The molecule has 0 atom stereocenters. The first-order chi connectivity index (χ1) is 16.6. The molecule has 1 saturated carbocycles. The topological polar surface area (TPSA) is 149 Å². The predicted molar refractivity (Wildman–Crippen MR) is 127 cm³/mol. The fourth-order valence-electron chi connectivity index (χ4n) is 2.50. The van der Waals surface area contributed by atoms with Crippen molar-refractivity contribution in [3.8, 4) is 11.8 Å². The van der Waals surface area contributed by atoms with Crippen molar-refractivity contribution < 1.29 is 43.2 Å². The Morgan fingerprint density at radius 3 is 1.80 bits per heavy atom. The first-order valence-electron chi connectivity index (χ1n) is 11.3. The molecular formula is C25H37NO9. The molecule has 0 heterocycles. The lowest BCUT2D eigenvalue weighted by Gasteiger charge is -2.20. The number of nitriles is 1. The zero-order chi connectivity index (χ0) is 26.9. The molecule has 0 spiro atoms. The lowest BCUT2D eigenvalue weighted by Crippen LogP contribution is -2.18. The molecule has 0 unspecified atom stereocenters. The normalized spacial score (nSPS) is 11.8. The molecule has 35 heavy (non-hydrogen) atoms. The first kappa shape index (κ1) is 33.7. The highest BCUT2D eigenvalue weighted by Crippen LogP contribution is 2.20. The molecule has 0 aliphatic heterocycles. The van der Waals surface area contributed by atoms with E-state index in [-0.39, 0.29) is 56.2 Å². The fourth-order valence-corrected chi connectivity index (χ4v) is 2.50. The number of esters is 4. The second kappa shape index (κ2) is 23.7. The lowest BCUT2D eigenvalue weighted by molar-refractivity contribution is -0.147. The third-order valence-electron chi connectivity index (χ3n) is 3.81. The molecule has 0 radical (unpaired) electrons. The maximum absolute atomic E-state index is 10.5. The fraction of sp³-hybridized carbons (Fsp3) is 0.560. The molecule has 10 heteroatoms. The Morgan fingerprint density at radius 2 is 1.40 bits per heavy atom. The Hall–Kier alpha value is -3.45. The van der Waals surface area contributed by atoms with Crippen LogP contribution in [0.4, 0.5) is 0 Å². The van der Waals surface area contributed by atoms with Crippen LogP contribution in [0.2, 0.25) is 0 Å². The molecule has 0 aromatic heterocycles. The highest BCUT2D eigenvalue weighted by Gasteiger charge is 2.14. The van der Waals surface area contributed by atoms with Crippen molar-refractivity contribution in [3.05, 3.63) is 30.3 Å². The standard InChI is InChI=1S/C8H14O2.C8H8O2.C5H7NO2.C4H8O3/c2*1-7(9)10-8-5-3-2-4-6-8;1-5(7)8-4-2-3-6;1-4(6)7-3-2-5/h8H,2-6H2,1H3;2-6H,1H3;2,4H2,1H3;5H,2-3H2,1H3. The molecule has 196 valence electrons. The van der Waals surface area contributed by atoms with E-state index >= 15 is 0 Å². The van der Waals surface area contributed by atoms with Gasteiger partial charge in [-0.1, -0.05) is 24.6 Å². The molecule has 0 saturated heterocycles. The highest BCUT2D eigenvalue weighted by atomic mass is 16.5. The second-order valence-corrected chi connectivity index (χ2v) is 7.09. The van der Waals surface area contributed by atoms with E-state index in [0.717, 1.165) is 12.8 Å². The number of para-hydroxylation sites is 1. The number of carbonyl (C=O) groups excluding carboxylic acids is 4. The van der Waals surface area contributed by atoms with E-state index in [4.69, 9.17) is 19.8 Å². The van der Waals surface area contributed by atoms with E-state index in [1.807, 2.05) is 24.3 Å². The summed E-state index contributed by atoms with van der Waals surface area (Å²) in [5, 5.41) is 16.0. The average molecular weight is 496 g/mol. The van der Waals surface area contributed by atoms with Crippen molar-refractivity contribution in [2.24, 2.45) is 0 Å². The number of carbonyl (C=O) groups is 4. The number of hydrogen-bond acceptors (Lipinski definition) is 10. The molecule has 1 aromatic carbocycles. The number of aliphatic hydroxyl groups is 1. The quantitative estimate of drug-likeness (QED) is 0.269. The van der Waals surface area contributed by atoms with Crippen molar-refractivity contribution in [3.63, 3.8) is 0 Å². The molecule has 1 aromatic rings. The Labute approximate surface area is 207 Å². The van der Waals surface area contributed by atoms with Crippen LogP contribution in [-0.4, -0.2) is 54.9 Å². The van der Waals surface area contributed by atoms with E-state index in [9.17, 15) is 19.2 Å². The Morgan fingerprint density at radius 1 is 0.857 bits per heavy atom. The predicted octanol–water partition coefficient (Wildman–Crippen LogP) is 3.50. The summed E-state index contributed by atoms with van der Waals surface area (Å²) in [6.07, 6.45) is 6.39. The zero-order valence-corrected chi connectivity index (χ0v) is 21.0. The van der Waals surface area contributed by atoms with Gasteiger partial charge in [0.2, 0.25) is 0 Å². The molecule has 0 amide bonds. The summed E-state index contributed by atoms with van der Waals surface area (Å²) in [5.74, 6) is -0.512. The van der Waals surface area contributed by atoms with E-state index in [2.05, 4.69) is 9.47 Å². The van der Waals surface area contributed by atoms with E-state index in [1.54, 1.807) is 12.1 Å². The highest BCUT2D eigenvalue weighted by molar-refractivity contribution is 5.69. The molecule has 1 fully saturated rings. The number of aliphatic hydroxyl groups excluding tert-OH is 1. The van der Waals surface area contributed by atoms with Gasteiger partial charge >= 0.3 is 23.9 Å². The van der Waals surface area contributed by atoms with Gasteiger partial charge < -0.3 is 24.1 Å². The number of rotatable bonds is 6. The van der Waals surface area contributed by atoms with Gasteiger partial charge in [0, 0.05) is 27.7 Å². The molecule has 0 bridgehead atoms. The third-order valence-corrected chi connectivity index (χ3v) is 3.81. The van der Waals surface area contributed by atoms with Gasteiger partial charge in [0.05, 0.1) is 19.1 Å². The average Bonchev–Trinajstić information content (AvgIpc) is 2.79.